The van der Waals surface area contributed by atoms with E-state index in [4.69, 9.17) is 0 Å². The number of benzene rings is 1. The number of aromatic amines is 1. The minimum Gasteiger partial charge on any atom is -0.242 e. The van der Waals surface area contributed by atoms with Crippen molar-refractivity contribution in [1.82, 2.24) is 20.6 Å². The van der Waals surface area contributed by atoms with Crippen LogP contribution in [-0.2, 0) is 5.41 Å². The molecule has 2 rings (SSSR count). The Morgan fingerprint density at radius 3 is 2.43 bits per heavy atom. The van der Waals surface area contributed by atoms with Crippen LogP contribution in [0.15, 0.2) is 30.3 Å². The van der Waals surface area contributed by atoms with E-state index in [2.05, 4.69) is 46.6 Å². The maximum atomic E-state index is 3.95. The smallest absolute Gasteiger partial charge is 0.158 e. The van der Waals surface area contributed by atoms with Crippen LogP contribution in [0, 0.1) is 0 Å². The third-order valence-corrected chi connectivity index (χ3v) is 2.43. The van der Waals surface area contributed by atoms with Gasteiger partial charge in [0.2, 0.25) is 0 Å². The SMILES string of the molecule is CC(C)(c1ccccc1)c1nnn[nH]1. The van der Waals surface area contributed by atoms with E-state index in [0.717, 1.165) is 5.82 Å². The summed E-state index contributed by atoms with van der Waals surface area (Å²) in [6.07, 6.45) is 0. The molecular weight excluding hydrogens is 176 g/mol. The second-order valence-electron chi connectivity index (χ2n) is 3.74. The van der Waals surface area contributed by atoms with Crippen LogP contribution >= 0.6 is 0 Å². The predicted octanol–water partition coefficient (Wildman–Crippen LogP) is 1.53. The van der Waals surface area contributed by atoms with E-state index in [0.29, 0.717) is 0 Å². The zero-order valence-electron chi connectivity index (χ0n) is 8.23. The van der Waals surface area contributed by atoms with Crippen molar-refractivity contribution in [3.63, 3.8) is 0 Å². The number of tetrazole rings is 1. The fourth-order valence-corrected chi connectivity index (χ4v) is 1.42. The van der Waals surface area contributed by atoms with Crippen molar-refractivity contribution in [2.75, 3.05) is 0 Å². The summed E-state index contributed by atoms with van der Waals surface area (Å²) in [6.45, 7) is 4.18. The van der Waals surface area contributed by atoms with E-state index < -0.39 is 0 Å². The van der Waals surface area contributed by atoms with Gasteiger partial charge < -0.3 is 0 Å². The maximum Gasteiger partial charge on any atom is 0.158 e. The molecule has 0 amide bonds. The van der Waals surface area contributed by atoms with Crippen molar-refractivity contribution in [1.29, 1.82) is 0 Å². The van der Waals surface area contributed by atoms with Crippen molar-refractivity contribution in [3.05, 3.63) is 41.7 Å². The van der Waals surface area contributed by atoms with Gasteiger partial charge in [0, 0.05) is 0 Å². The van der Waals surface area contributed by atoms with E-state index in [1.807, 2.05) is 18.2 Å². The van der Waals surface area contributed by atoms with Gasteiger partial charge in [-0.15, -0.1) is 5.10 Å². The highest BCUT2D eigenvalue weighted by Gasteiger charge is 2.26. The molecule has 72 valence electrons. The Kier molecular flexibility index (Phi) is 2.04. The second kappa shape index (κ2) is 3.21. The summed E-state index contributed by atoms with van der Waals surface area (Å²) in [7, 11) is 0. The number of hydrogen-bond donors (Lipinski definition) is 1. The quantitative estimate of drug-likeness (QED) is 0.777. The first kappa shape index (κ1) is 8.87. The molecular formula is C10H12N4. The highest BCUT2D eigenvalue weighted by Crippen LogP contribution is 2.27. The molecule has 1 N–H and O–H groups in total. The minimum absolute atomic E-state index is 0.176. The summed E-state index contributed by atoms with van der Waals surface area (Å²) in [5, 5.41) is 13.9. The van der Waals surface area contributed by atoms with Gasteiger partial charge in [0.15, 0.2) is 5.82 Å². The molecule has 4 heteroatoms. The van der Waals surface area contributed by atoms with Crippen LogP contribution < -0.4 is 0 Å². The molecule has 0 fully saturated rings. The average molecular weight is 188 g/mol. The Bertz CT molecular complexity index is 391. The molecule has 2 aromatic rings. The van der Waals surface area contributed by atoms with E-state index in [1.165, 1.54) is 5.56 Å². The molecule has 14 heavy (non-hydrogen) atoms. The third-order valence-electron chi connectivity index (χ3n) is 2.43. The van der Waals surface area contributed by atoms with Crippen LogP contribution in [0.25, 0.3) is 0 Å². The van der Waals surface area contributed by atoms with Crippen molar-refractivity contribution >= 4 is 0 Å². The largest absolute Gasteiger partial charge is 0.242 e. The Morgan fingerprint density at radius 2 is 1.86 bits per heavy atom. The molecule has 0 saturated carbocycles. The standard InChI is InChI=1S/C10H12N4/c1-10(2,9-11-13-14-12-9)8-6-4-3-5-7-8/h3-7H,1-2H3,(H,11,12,13,14). The van der Waals surface area contributed by atoms with E-state index in [9.17, 15) is 0 Å². The Hall–Kier alpha value is -1.71. The van der Waals surface area contributed by atoms with Gasteiger partial charge in [-0.1, -0.05) is 30.3 Å². The van der Waals surface area contributed by atoms with Crippen LogP contribution in [-0.4, -0.2) is 20.6 Å². The van der Waals surface area contributed by atoms with Gasteiger partial charge in [-0.3, -0.25) is 0 Å². The molecule has 0 aliphatic carbocycles. The monoisotopic (exact) mass is 188 g/mol. The fraction of sp³-hybridized carbons (Fsp3) is 0.300. The molecule has 0 radical (unpaired) electrons. The summed E-state index contributed by atoms with van der Waals surface area (Å²) in [5.41, 5.74) is 1.02. The van der Waals surface area contributed by atoms with Crippen molar-refractivity contribution in [2.45, 2.75) is 19.3 Å². The molecule has 0 spiro atoms. The molecule has 1 aromatic carbocycles. The topological polar surface area (TPSA) is 54.5 Å². The maximum absolute atomic E-state index is 3.95. The van der Waals surface area contributed by atoms with E-state index >= 15 is 0 Å². The van der Waals surface area contributed by atoms with Gasteiger partial charge in [0.1, 0.15) is 0 Å². The number of H-pyrrole nitrogens is 1. The number of rotatable bonds is 2. The predicted molar refractivity (Wildman–Crippen MR) is 52.7 cm³/mol. The van der Waals surface area contributed by atoms with Crippen molar-refractivity contribution in [2.24, 2.45) is 0 Å². The molecule has 0 bridgehead atoms. The third kappa shape index (κ3) is 1.39. The number of aromatic nitrogens is 4. The summed E-state index contributed by atoms with van der Waals surface area (Å²) in [4.78, 5) is 0. The molecule has 0 aliphatic heterocycles. The zero-order valence-corrected chi connectivity index (χ0v) is 8.23. The highest BCUT2D eigenvalue weighted by atomic mass is 15.5. The van der Waals surface area contributed by atoms with Crippen molar-refractivity contribution < 1.29 is 0 Å². The van der Waals surface area contributed by atoms with Crippen LogP contribution in [0.1, 0.15) is 25.2 Å². The molecule has 0 aliphatic rings. The lowest BCUT2D eigenvalue weighted by Gasteiger charge is -2.21. The summed E-state index contributed by atoms with van der Waals surface area (Å²) < 4.78 is 0. The fourth-order valence-electron chi connectivity index (χ4n) is 1.42. The van der Waals surface area contributed by atoms with Gasteiger partial charge in [-0.2, -0.15) is 0 Å². The van der Waals surface area contributed by atoms with Crippen LogP contribution in [0.2, 0.25) is 0 Å². The molecule has 1 heterocycles. The Morgan fingerprint density at radius 1 is 1.14 bits per heavy atom. The second-order valence-corrected chi connectivity index (χ2v) is 3.74. The first-order valence-electron chi connectivity index (χ1n) is 4.51. The van der Waals surface area contributed by atoms with Gasteiger partial charge in [-0.25, -0.2) is 5.10 Å². The lowest BCUT2D eigenvalue weighted by atomic mass is 9.84. The van der Waals surface area contributed by atoms with Gasteiger partial charge in [-0.05, 0) is 29.8 Å². The lowest BCUT2D eigenvalue weighted by molar-refractivity contribution is 0.591. The van der Waals surface area contributed by atoms with Crippen LogP contribution in [0.3, 0.4) is 0 Å². The minimum atomic E-state index is -0.176. The van der Waals surface area contributed by atoms with Gasteiger partial charge in [0.05, 0.1) is 5.41 Å². The first-order valence-corrected chi connectivity index (χ1v) is 4.51. The average Bonchev–Trinajstić information content (AvgIpc) is 2.72. The lowest BCUT2D eigenvalue weighted by Crippen LogP contribution is -2.20. The van der Waals surface area contributed by atoms with Crippen molar-refractivity contribution in [3.8, 4) is 0 Å². The molecule has 4 nitrogen and oxygen atoms in total. The normalized spacial score (nSPS) is 11.6. The molecule has 1 aromatic heterocycles. The summed E-state index contributed by atoms with van der Waals surface area (Å²) in [6, 6.07) is 10.2. The number of nitrogens with zero attached hydrogens (tertiary/aromatic N) is 3. The van der Waals surface area contributed by atoms with Crippen LogP contribution in [0.5, 0.6) is 0 Å². The highest BCUT2D eigenvalue weighted by molar-refractivity contribution is 5.29. The Labute approximate surface area is 82.4 Å². The van der Waals surface area contributed by atoms with E-state index in [1.54, 1.807) is 0 Å². The number of hydrogen-bond acceptors (Lipinski definition) is 3. The summed E-state index contributed by atoms with van der Waals surface area (Å²) in [5.74, 6) is 0.781. The zero-order chi connectivity index (χ0) is 10.0. The Balaban J connectivity index is 2.43. The first-order chi connectivity index (χ1) is 6.71. The number of nitrogens with one attached hydrogen (secondary N) is 1. The van der Waals surface area contributed by atoms with E-state index in [-0.39, 0.29) is 5.41 Å². The van der Waals surface area contributed by atoms with Gasteiger partial charge >= 0.3 is 0 Å². The molecule has 0 saturated heterocycles. The van der Waals surface area contributed by atoms with Gasteiger partial charge in [0.25, 0.3) is 0 Å². The summed E-state index contributed by atoms with van der Waals surface area (Å²) >= 11 is 0. The molecule has 0 unspecified atom stereocenters. The molecule has 0 atom stereocenters. The van der Waals surface area contributed by atoms with Crippen LogP contribution in [0.4, 0.5) is 0 Å².